The third-order valence-electron chi connectivity index (χ3n) is 9.66. The Morgan fingerprint density at radius 2 is 1.73 bits per heavy atom. The van der Waals surface area contributed by atoms with Crippen molar-refractivity contribution in [1.82, 2.24) is 25.8 Å². The quantitative estimate of drug-likeness (QED) is 0.109. The molecule has 0 bridgehead atoms. The third kappa shape index (κ3) is 12.6. The Morgan fingerprint density at radius 3 is 2.31 bits per heavy atom. The molecule has 282 valence electrons. The molecule has 1 aliphatic rings. The molecule has 2 aromatic rings. The first-order chi connectivity index (χ1) is 24.1. The number of carboxylic acids is 1. The second-order valence-corrected chi connectivity index (χ2v) is 15.1. The molecule has 0 saturated carbocycles. The smallest absolute Gasteiger partial charge is 0.306 e. The van der Waals surface area contributed by atoms with Crippen LogP contribution in [0.25, 0.3) is 0 Å². The van der Waals surface area contributed by atoms with Crippen molar-refractivity contribution in [2.75, 3.05) is 19.3 Å². The molecule has 14 heteroatoms. The average molecular weight is 729 g/mol. The first kappa shape index (κ1) is 41.4. The van der Waals surface area contributed by atoms with Crippen LogP contribution >= 0.6 is 11.3 Å². The minimum atomic E-state index is -0.965. The number of likely N-dealkylation sites (N-methyl/N-ethyl adjacent to an activating group) is 1. The van der Waals surface area contributed by atoms with Crippen molar-refractivity contribution in [2.45, 2.75) is 117 Å². The predicted octanol–water partition coefficient (Wildman–Crippen LogP) is 4.33. The highest BCUT2D eigenvalue weighted by atomic mass is 32.1. The number of benzene rings is 1. The number of aromatic nitrogens is 1. The van der Waals surface area contributed by atoms with Gasteiger partial charge in [0.15, 0.2) is 6.10 Å². The Bertz CT molecular complexity index is 1480. The summed E-state index contributed by atoms with van der Waals surface area (Å²) >= 11 is 1.16. The lowest BCUT2D eigenvalue weighted by molar-refractivity contribution is -0.147. The number of nitrogens with zero attached hydrogens (tertiary/aromatic N) is 2. The maximum absolute atomic E-state index is 13.8. The maximum Gasteiger partial charge on any atom is 0.306 e. The normalized spacial score (nSPS) is 18.5. The molecular weight excluding hydrogens is 673 g/mol. The van der Waals surface area contributed by atoms with E-state index in [-0.39, 0.29) is 48.2 Å². The zero-order valence-corrected chi connectivity index (χ0v) is 31.8. The first-order valence-electron chi connectivity index (χ1n) is 17.9. The minimum Gasteiger partial charge on any atom is -0.481 e. The van der Waals surface area contributed by atoms with Crippen LogP contribution in [0, 0.1) is 17.8 Å². The van der Waals surface area contributed by atoms with Crippen LogP contribution in [0.3, 0.4) is 0 Å². The molecule has 6 N–H and O–H groups in total. The van der Waals surface area contributed by atoms with Gasteiger partial charge in [-0.3, -0.25) is 28.9 Å². The molecule has 0 radical (unpaired) electrons. The zero-order valence-electron chi connectivity index (χ0n) is 30.9. The van der Waals surface area contributed by atoms with Crippen molar-refractivity contribution in [3.63, 3.8) is 0 Å². The molecular formula is C37H56N6O7S. The molecule has 2 heterocycles. The van der Waals surface area contributed by atoms with E-state index in [1.807, 2.05) is 51.8 Å². The van der Waals surface area contributed by atoms with Gasteiger partial charge in [-0.25, -0.2) is 4.98 Å². The van der Waals surface area contributed by atoms with E-state index in [1.54, 1.807) is 24.4 Å². The maximum atomic E-state index is 13.8. The number of hydrogen-bond donors (Lipinski definition) is 5. The van der Waals surface area contributed by atoms with Crippen molar-refractivity contribution in [2.24, 2.45) is 17.8 Å². The molecule has 1 aliphatic heterocycles. The largest absolute Gasteiger partial charge is 0.481 e. The van der Waals surface area contributed by atoms with Crippen LogP contribution in [-0.4, -0.2) is 82.4 Å². The molecule has 1 aromatic carbocycles. The van der Waals surface area contributed by atoms with Crippen LogP contribution in [0.1, 0.15) is 107 Å². The molecule has 7 atom stereocenters. The average Bonchev–Trinajstić information content (AvgIpc) is 3.57. The first-order valence-corrected chi connectivity index (χ1v) is 18.8. The van der Waals surface area contributed by atoms with E-state index in [4.69, 9.17) is 10.5 Å². The van der Waals surface area contributed by atoms with Gasteiger partial charge in [0.25, 0.3) is 5.91 Å². The van der Waals surface area contributed by atoms with Gasteiger partial charge in [0.2, 0.25) is 11.8 Å². The van der Waals surface area contributed by atoms with Gasteiger partial charge in [0, 0.05) is 36.5 Å². The van der Waals surface area contributed by atoms with E-state index in [9.17, 15) is 29.1 Å². The van der Waals surface area contributed by atoms with Crippen LogP contribution in [0.15, 0.2) is 29.6 Å². The number of piperidine rings is 1. The third-order valence-corrected chi connectivity index (χ3v) is 10.6. The van der Waals surface area contributed by atoms with Gasteiger partial charge in [0.05, 0.1) is 12.0 Å². The SMILES string of the molecule is CC[C@H](C)[C@H](NC(=O)[C@H]1CCCCN1C)C(=O)N[C@H](C[C@@H](OC(C)=O)c1nc(C(=O)N[C@@H](Cc2ccc(N)cc2)C[C@@H](C)C(=O)O)cs1)C(C)C. The van der Waals surface area contributed by atoms with Crippen molar-refractivity contribution < 1.29 is 33.8 Å². The fraction of sp³-hybridized carbons (Fsp3) is 0.622. The number of thiazole rings is 1. The number of amides is 3. The molecule has 0 spiro atoms. The summed E-state index contributed by atoms with van der Waals surface area (Å²) in [6, 6.07) is 5.20. The zero-order chi connectivity index (χ0) is 37.8. The molecule has 1 saturated heterocycles. The number of nitrogens with one attached hydrogen (secondary N) is 3. The van der Waals surface area contributed by atoms with Gasteiger partial charge in [0.1, 0.15) is 16.7 Å². The predicted molar refractivity (Wildman–Crippen MR) is 197 cm³/mol. The fourth-order valence-corrected chi connectivity index (χ4v) is 7.06. The summed E-state index contributed by atoms with van der Waals surface area (Å²) in [6.07, 6.45) is 3.36. The highest BCUT2D eigenvalue weighted by molar-refractivity contribution is 7.09. The van der Waals surface area contributed by atoms with Crippen LogP contribution in [-0.2, 0) is 30.3 Å². The summed E-state index contributed by atoms with van der Waals surface area (Å²) in [6.45, 7) is 11.5. The van der Waals surface area contributed by atoms with E-state index < -0.39 is 48.0 Å². The Labute approximate surface area is 305 Å². The number of anilines is 1. The van der Waals surface area contributed by atoms with Gasteiger partial charge in [-0.15, -0.1) is 11.3 Å². The number of ether oxygens (including phenoxy) is 1. The van der Waals surface area contributed by atoms with Crippen LogP contribution < -0.4 is 21.7 Å². The number of hydrogen-bond acceptors (Lipinski definition) is 10. The molecule has 1 fully saturated rings. The molecule has 3 rings (SSSR count). The molecule has 0 aliphatic carbocycles. The fourth-order valence-electron chi connectivity index (χ4n) is 6.22. The van der Waals surface area contributed by atoms with Crippen LogP contribution in [0.5, 0.6) is 0 Å². The van der Waals surface area contributed by atoms with Crippen molar-refractivity contribution in [3.05, 3.63) is 45.9 Å². The Balaban J connectivity index is 1.77. The molecule has 0 unspecified atom stereocenters. The Morgan fingerprint density at radius 1 is 1.04 bits per heavy atom. The summed E-state index contributed by atoms with van der Waals surface area (Å²) in [4.78, 5) is 71.0. The van der Waals surface area contributed by atoms with Crippen LogP contribution in [0.2, 0.25) is 0 Å². The number of nitrogen functional groups attached to an aromatic ring is 1. The topological polar surface area (TPSA) is 193 Å². The summed E-state index contributed by atoms with van der Waals surface area (Å²) in [5.41, 5.74) is 7.41. The van der Waals surface area contributed by atoms with Crippen molar-refractivity contribution in [3.8, 4) is 0 Å². The molecule has 1 aromatic heterocycles. The van der Waals surface area contributed by atoms with Gasteiger partial charge in [-0.2, -0.15) is 0 Å². The highest BCUT2D eigenvalue weighted by Crippen LogP contribution is 2.29. The van der Waals surface area contributed by atoms with E-state index >= 15 is 0 Å². The molecule has 13 nitrogen and oxygen atoms in total. The van der Waals surface area contributed by atoms with E-state index in [2.05, 4.69) is 20.9 Å². The van der Waals surface area contributed by atoms with Crippen molar-refractivity contribution in [1.29, 1.82) is 0 Å². The number of aliphatic carboxylic acids is 1. The monoisotopic (exact) mass is 728 g/mol. The second-order valence-electron chi connectivity index (χ2n) is 14.2. The van der Waals surface area contributed by atoms with Gasteiger partial charge < -0.3 is 31.5 Å². The van der Waals surface area contributed by atoms with Gasteiger partial charge in [-0.1, -0.05) is 59.6 Å². The van der Waals surface area contributed by atoms with E-state index in [0.29, 0.717) is 23.5 Å². The minimum absolute atomic E-state index is 0.0715. The number of esters is 1. The van der Waals surface area contributed by atoms with Gasteiger partial charge in [-0.05, 0) is 68.8 Å². The Kier molecular flexibility index (Phi) is 15.9. The standard InChI is InChI=1S/C37H56N6O7S/c1-8-22(4)32(42-34(46)30-11-9-10-16-43(30)7)35(47)40-28(21(2)3)19-31(50-24(6)44)36-41-29(20-51-36)33(45)39-27(17-23(5)37(48)49)18-25-12-14-26(38)15-13-25/h12-15,20-23,27-28,30-32H,8-11,16-19,38H2,1-7H3,(H,39,45)(H,40,47)(H,42,46)(H,48,49)/t22-,23+,27+,28+,30+,31+,32-/m0/s1. The van der Waals surface area contributed by atoms with E-state index in [0.717, 1.165) is 42.7 Å². The number of carbonyl (C=O) groups is 5. The van der Waals surface area contributed by atoms with E-state index in [1.165, 1.54) is 6.92 Å². The van der Waals surface area contributed by atoms with Crippen LogP contribution in [0.4, 0.5) is 5.69 Å². The lowest BCUT2D eigenvalue weighted by Crippen LogP contribution is -2.57. The Hall–Kier alpha value is -4.04. The number of nitrogens with two attached hydrogens (primary N) is 1. The second kappa shape index (κ2) is 19.5. The lowest BCUT2D eigenvalue weighted by atomic mass is 9.94. The van der Waals surface area contributed by atoms with Gasteiger partial charge >= 0.3 is 11.9 Å². The number of carboxylic acid groups (broad SMARTS) is 1. The number of rotatable bonds is 18. The summed E-state index contributed by atoms with van der Waals surface area (Å²) in [7, 11) is 1.93. The lowest BCUT2D eigenvalue weighted by Gasteiger charge is -2.34. The summed E-state index contributed by atoms with van der Waals surface area (Å²) in [5, 5.41) is 20.6. The van der Waals surface area contributed by atoms with Crippen molar-refractivity contribution >= 4 is 46.7 Å². The highest BCUT2D eigenvalue weighted by Gasteiger charge is 2.34. The number of carbonyl (C=O) groups excluding carboxylic acids is 4. The molecule has 3 amide bonds. The summed E-state index contributed by atoms with van der Waals surface area (Å²) in [5.74, 6) is -3.34. The number of likely N-dealkylation sites (tertiary alicyclic amines) is 1. The summed E-state index contributed by atoms with van der Waals surface area (Å²) < 4.78 is 5.70. The molecule has 51 heavy (non-hydrogen) atoms.